The van der Waals surface area contributed by atoms with E-state index in [1.54, 1.807) is 6.20 Å². The lowest BCUT2D eigenvalue weighted by Gasteiger charge is -2.03. The molecule has 0 bridgehead atoms. The first-order chi connectivity index (χ1) is 7.63. The molecule has 0 fully saturated rings. The number of unbranched alkanes of at least 4 members (excludes halogenated alkanes) is 1. The quantitative estimate of drug-likeness (QED) is 0.617. The summed E-state index contributed by atoms with van der Waals surface area (Å²) in [6.45, 7) is 4.08. The molecule has 16 heavy (non-hydrogen) atoms. The van der Waals surface area contributed by atoms with Gasteiger partial charge in [0.1, 0.15) is 0 Å². The second-order valence-corrected chi connectivity index (χ2v) is 4.37. The molecule has 0 spiro atoms. The molecule has 1 aromatic rings. The van der Waals surface area contributed by atoms with Crippen LogP contribution in [0.4, 0.5) is 5.69 Å². The van der Waals surface area contributed by atoms with Gasteiger partial charge < -0.3 is 5.32 Å². The standard InChI is InChI=1S/C11H18ClN3O/c1-9(2)15-8-10(7-13-15)14-11(16)5-3-4-6-12/h7-9H,3-6H2,1-2H3,(H,14,16). The van der Waals surface area contributed by atoms with Crippen LogP contribution in [0.25, 0.3) is 0 Å². The fourth-order valence-corrected chi connectivity index (χ4v) is 1.48. The lowest BCUT2D eigenvalue weighted by Crippen LogP contribution is -2.10. The maximum absolute atomic E-state index is 11.5. The Balaban J connectivity index is 2.37. The molecule has 0 aliphatic heterocycles. The van der Waals surface area contributed by atoms with Crippen molar-refractivity contribution in [3.8, 4) is 0 Å². The molecule has 0 radical (unpaired) electrons. The van der Waals surface area contributed by atoms with Gasteiger partial charge in [-0.1, -0.05) is 0 Å². The van der Waals surface area contributed by atoms with Gasteiger partial charge in [-0.15, -0.1) is 11.6 Å². The van der Waals surface area contributed by atoms with E-state index in [4.69, 9.17) is 11.6 Å². The number of carbonyl (C=O) groups is 1. The normalized spacial score (nSPS) is 10.8. The van der Waals surface area contributed by atoms with E-state index in [-0.39, 0.29) is 5.91 Å². The van der Waals surface area contributed by atoms with Gasteiger partial charge in [0, 0.05) is 24.5 Å². The number of rotatable bonds is 6. The van der Waals surface area contributed by atoms with E-state index in [1.165, 1.54) is 0 Å². The third-order valence-electron chi connectivity index (χ3n) is 2.20. The summed E-state index contributed by atoms with van der Waals surface area (Å²) < 4.78 is 1.81. The van der Waals surface area contributed by atoms with E-state index in [2.05, 4.69) is 10.4 Å². The fraction of sp³-hybridized carbons (Fsp3) is 0.636. The Kier molecular flexibility index (Phi) is 5.32. The Morgan fingerprint density at radius 1 is 1.56 bits per heavy atom. The summed E-state index contributed by atoms with van der Waals surface area (Å²) >= 11 is 5.54. The summed E-state index contributed by atoms with van der Waals surface area (Å²) in [5.74, 6) is 0.631. The monoisotopic (exact) mass is 243 g/mol. The Hall–Kier alpha value is -1.03. The maximum atomic E-state index is 11.5. The van der Waals surface area contributed by atoms with E-state index in [0.717, 1.165) is 18.5 Å². The van der Waals surface area contributed by atoms with Crippen LogP contribution in [0.15, 0.2) is 12.4 Å². The highest BCUT2D eigenvalue weighted by atomic mass is 35.5. The van der Waals surface area contributed by atoms with E-state index in [1.807, 2.05) is 24.7 Å². The van der Waals surface area contributed by atoms with Crippen LogP contribution < -0.4 is 5.32 Å². The molecule has 1 amide bonds. The molecule has 0 aliphatic rings. The van der Waals surface area contributed by atoms with Crippen LogP contribution in [-0.2, 0) is 4.79 Å². The van der Waals surface area contributed by atoms with Crippen molar-refractivity contribution in [2.24, 2.45) is 0 Å². The minimum absolute atomic E-state index is 0.0217. The summed E-state index contributed by atoms with van der Waals surface area (Å²) in [7, 11) is 0. The molecule has 90 valence electrons. The van der Waals surface area contributed by atoms with Gasteiger partial charge in [-0.05, 0) is 26.7 Å². The maximum Gasteiger partial charge on any atom is 0.224 e. The lowest BCUT2D eigenvalue weighted by molar-refractivity contribution is -0.116. The first kappa shape index (κ1) is 13.0. The summed E-state index contributed by atoms with van der Waals surface area (Å²) in [6, 6.07) is 0.307. The minimum Gasteiger partial charge on any atom is -0.323 e. The van der Waals surface area contributed by atoms with E-state index in [0.29, 0.717) is 18.3 Å². The molecule has 0 saturated heterocycles. The van der Waals surface area contributed by atoms with Gasteiger partial charge >= 0.3 is 0 Å². The first-order valence-electron chi connectivity index (χ1n) is 5.53. The predicted molar refractivity (Wildman–Crippen MR) is 65.8 cm³/mol. The highest BCUT2D eigenvalue weighted by Gasteiger charge is 2.05. The number of alkyl halides is 1. The molecule has 1 aromatic heterocycles. The number of halogens is 1. The first-order valence-corrected chi connectivity index (χ1v) is 6.07. The van der Waals surface area contributed by atoms with Crippen molar-refractivity contribution in [1.29, 1.82) is 0 Å². The van der Waals surface area contributed by atoms with Crippen LogP contribution in [0.1, 0.15) is 39.2 Å². The molecule has 1 heterocycles. The van der Waals surface area contributed by atoms with Crippen molar-refractivity contribution in [3.05, 3.63) is 12.4 Å². The number of hydrogen-bond acceptors (Lipinski definition) is 2. The Labute approximate surface area is 101 Å². The smallest absolute Gasteiger partial charge is 0.224 e. The Bertz CT molecular complexity index is 336. The molecule has 0 aliphatic carbocycles. The average molecular weight is 244 g/mol. The highest BCUT2D eigenvalue weighted by Crippen LogP contribution is 2.10. The van der Waals surface area contributed by atoms with Gasteiger partial charge in [-0.3, -0.25) is 9.48 Å². The molecule has 0 aromatic carbocycles. The summed E-state index contributed by atoms with van der Waals surface area (Å²) in [5.41, 5.74) is 0.754. The van der Waals surface area contributed by atoms with Gasteiger partial charge in [0.2, 0.25) is 5.91 Å². The van der Waals surface area contributed by atoms with Crippen LogP contribution in [0.2, 0.25) is 0 Å². The van der Waals surface area contributed by atoms with Gasteiger partial charge in [0.05, 0.1) is 11.9 Å². The lowest BCUT2D eigenvalue weighted by atomic mass is 10.2. The second kappa shape index (κ2) is 6.53. The molecule has 0 saturated carbocycles. The van der Waals surface area contributed by atoms with Crippen molar-refractivity contribution in [1.82, 2.24) is 9.78 Å². The van der Waals surface area contributed by atoms with Crippen LogP contribution in [0.5, 0.6) is 0 Å². The van der Waals surface area contributed by atoms with Crippen molar-refractivity contribution in [2.75, 3.05) is 11.2 Å². The molecule has 1 N–H and O–H groups in total. The number of amides is 1. The zero-order chi connectivity index (χ0) is 12.0. The van der Waals surface area contributed by atoms with Crippen LogP contribution in [0, 0.1) is 0 Å². The minimum atomic E-state index is 0.0217. The summed E-state index contributed by atoms with van der Waals surface area (Å²) in [6.07, 6.45) is 5.72. The van der Waals surface area contributed by atoms with E-state index < -0.39 is 0 Å². The number of anilines is 1. The molecule has 4 nitrogen and oxygen atoms in total. The zero-order valence-corrected chi connectivity index (χ0v) is 10.5. The number of nitrogens with zero attached hydrogens (tertiary/aromatic N) is 2. The van der Waals surface area contributed by atoms with Crippen LogP contribution >= 0.6 is 11.6 Å². The Morgan fingerprint density at radius 2 is 2.31 bits per heavy atom. The zero-order valence-electron chi connectivity index (χ0n) is 9.74. The highest BCUT2D eigenvalue weighted by molar-refractivity contribution is 6.17. The van der Waals surface area contributed by atoms with Gasteiger partial charge in [-0.25, -0.2) is 0 Å². The van der Waals surface area contributed by atoms with Crippen molar-refractivity contribution in [2.45, 2.75) is 39.2 Å². The molecule has 0 atom stereocenters. The number of hydrogen-bond donors (Lipinski definition) is 1. The third-order valence-corrected chi connectivity index (χ3v) is 2.47. The number of carbonyl (C=O) groups excluding carboxylic acids is 1. The third kappa shape index (κ3) is 4.23. The van der Waals surface area contributed by atoms with Crippen molar-refractivity contribution < 1.29 is 4.79 Å². The number of nitrogens with one attached hydrogen (secondary N) is 1. The van der Waals surface area contributed by atoms with E-state index in [9.17, 15) is 4.79 Å². The predicted octanol–water partition coefficient (Wildman–Crippen LogP) is 2.81. The van der Waals surface area contributed by atoms with Gasteiger partial charge in [0.25, 0.3) is 0 Å². The molecule has 1 rings (SSSR count). The van der Waals surface area contributed by atoms with Crippen LogP contribution in [0.3, 0.4) is 0 Å². The van der Waals surface area contributed by atoms with Crippen molar-refractivity contribution in [3.63, 3.8) is 0 Å². The van der Waals surface area contributed by atoms with Gasteiger partial charge in [-0.2, -0.15) is 5.10 Å². The fourth-order valence-electron chi connectivity index (χ4n) is 1.29. The summed E-state index contributed by atoms with van der Waals surface area (Å²) in [4.78, 5) is 11.5. The van der Waals surface area contributed by atoms with Crippen LogP contribution in [-0.4, -0.2) is 21.6 Å². The molecular formula is C11H18ClN3O. The largest absolute Gasteiger partial charge is 0.323 e. The Morgan fingerprint density at radius 3 is 2.88 bits per heavy atom. The van der Waals surface area contributed by atoms with E-state index >= 15 is 0 Å². The SMILES string of the molecule is CC(C)n1cc(NC(=O)CCCCCl)cn1. The molecular weight excluding hydrogens is 226 g/mol. The summed E-state index contributed by atoms with van der Waals surface area (Å²) in [5, 5.41) is 6.96. The van der Waals surface area contributed by atoms with Gasteiger partial charge in [0.15, 0.2) is 0 Å². The average Bonchev–Trinajstić information content (AvgIpc) is 2.66. The number of aromatic nitrogens is 2. The molecule has 5 heteroatoms. The molecule has 0 unspecified atom stereocenters. The van der Waals surface area contributed by atoms with Crippen molar-refractivity contribution >= 4 is 23.2 Å². The second-order valence-electron chi connectivity index (χ2n) is 4.00. The topological polar surface area (TPSA) is 46.9 Å².